The highest BCUT2D eigenvalue weighted by Gasteiger charge is 2.50. The molecule has 3 atom stereocenters. The number of rotatable bonds is 6. The van der Waals surface area contributed by atoms with E-state index in [4.69, 9.17) is 9.47 Å². The minimum atomic E-state index is -3.67. The molecule has 0 saturated carbocycles. The van der Waals surface area contributed by atoms with Crippen molar-refractivity contribution in [1.82, 2.24) is 9.21 Å². The molecule has 2 heterocycles. The Bertz CT molecular complexity index is 1140. The molecule has 0 amide bonds. The van der Waals surface area contributed by atoms with Crippen molar-refractivity contribution in [2.45, 2.75) is 35.7 Å². The fourth-order valence-corrected chi connectivity index (χ4v) is 6.57. The van der Waals surface area contributed by atoms with Crippen molar-refractivity contribution >= 4 is 10.0 Å². The van der Waals surface area contributed by atoms with Gasteiger partial charge >= 0.3 is 0 Å². The summed E-state index contributed by atoms with van der Waals surface area (Å²) < 4.78 is 38.9. The van der Waals surface area contributed by atoms with Crippen LogP contribution in [0.3, 0.4) is 0 Å². The number of aliphatic hydroxyl groups is 1. The van der Waals surface area contributed by atoms with Crippen LogP contribution in [-0.2, 0) is 14.8 Å². The Morgan fingerprint density at radius 2 is 1.85 bits per heavy atom. The number of ether oxygens (including phenoxy) is 2. The monoisotopic (exact) mass is 484 g/mol. The molecular formula is C26H32N2O5S. The summed E-state index contributed by atoms with van der Waals surface area (Å²) in [5.74, 6) is 6.59. The van der Waals surface area contributed by atoms with E-state index in [1.165, 1.54) is 7.11 Å². The number of hydrogen-bond donors (Lipinski definition) is 1. The molecule has 0 aliphatic carbocycles. The predicted molar refractivity (Wildman–Crippen MR) is 130 cm³/mol. The first-order valence-corrected chi connectivity index (χ1v) is 13.0. The zero-order valence-corrected chi connectivity index (χ0v) is 20.5. The number of nitrogens with zero attached hydrogens (tertiary/aromatic N) is 2. The van der Waals surface area contributed by atoms with Crippen LogP contribution < -0.4 is 4.74 Å². The van der Waals surface area contributed by atoms with E-state index in [2.05, 4.69) is 16.7 Å². The molecule has 4 rings (SSSR count). The second-order valence-corrected chi connectivity index (χ2v) is 10.6. The van der Waals surface area contributed by atoms with Gasteiger partial charge in [0.15, 0.2) is 0 Å². The molecule has 2 saturated heterocycles. The average molecular weight is 485 g/mol. The number of methoxy groups -OCH3 is 2. The topological polar surface area (TPSA) is 79.3 Å². The van der Waals surface area contributed by atoms with E-state index in [1.807, 2.05) is 24.3 Å². The molecule has 0 aromatic heterocycles. The number of benzene rings is 2. The van der Waals surface area contributed by atoms with Crippen LogP contribution >= 0.6 is 0 Å². The lowest BCUT2D eigenvalue weighted by Crippen LogP contribution is -2.67. The van der Waals surface area contributed by atoms with Crippen LogP contribution in [0.15, 0.2) is 53.4 Å². The fraction of sp³-hybridized carbons (Fsp3) is 0.462. The summed E-state index contributed by atoms with van der Waals surface area (Å²) in [6.07, 6.45) is 1.67. The van der Waals surface area contributed by atoms with Gasteiger partial charge in [0.2, 0.25) is 10.0 Å². The molecule has 2 aromatic carbocycles. The van der Waals surface area contributed by atoms with Gasteiger partial charge in [0.25, 0.3) is 0 Å². The summed E-state index contributed by atoms with van der Waals surface area (Å²) in [6.45, 7) is 2.15. The third-order valence-electron chi connectivity index (χ3n) is 6.76. The molecule has 0 spiro atoms. The highest BCUT2D eigenvalue weighted by atomic mass is 32.2. The summed E-state index contributed by atoms with van der Waals surface area (Å²) in [6, 6.07) is 14.7. The Kier molecular flexibility index (Phi) is 7.91. The zero-order valence-electron chi connectivity index (χ0n) is 19.7. The Balaban J connectivity index is 1.59. The summed E-state index contributed by atoms with van der Waals surface area (Å²) in [5.41, 5.74) is 1.99. The molecule has 2 fully saturated rings. The van der Waals surface area contributed by atoms with Crippen LogP contribution in [-0.4, -0.2) is 81.9 Å². The quantitative estimate of drug-likeness (QED) is 0.634. The number of sulfonamides is 1. The van der Waals surface area contributed by atoms with Crippen molar-refractivity contribution in [3.63, 3.8) is 0 Å². The van der Waals surface area contributed by atoms with Crippen molar-refractivity contribution in [2.75, 3.05) is 47.1 Å². The van der Waals surface area contributed by atoms with Gasteiger partial charge in [-0.1, -0.05) is 30.0 Å². The summed E-state index contributed by atoms with van der Waals surface area (Å²) in [4.78, 5) is 2.51. The minimum Gasteiger partial charge on any atom is -0.497 e. The van der Waals surface area contributed by atoms with Crippen LogP contribution in [0.5, 0.6) is 5.75 Å². The Morgan fingerprint density at radius 1 is 1.09 bits per heavy atom. The Morgan fingerprint density at radius 3 is 2.56 bits per heavy atom. The molecular weight excluding hydrogens is 452 g/mol. The van der Waals surface area contributed by atoms with Gasteiger partial charge in [-0.3, -0.25) is 4.90 Å². The predicted octanol–water partition coefficient (Wildman–Crippen LogP) is 2.31. The van der Waals surface area contributed by atoms with E-state index >= 15 is 0 Å². The molecule has 34 heavy (non-hydrogen) atoms. The van der Waals surface area contributed by atoms with Crippen LogP contribution in [0.4, 0.5) is 0 Å². The normalized spacial score (nSPS) is 23.6. The molecule has 0 unspecified atom stereocenters. The van der Waals surface area contributed by atoms with Gasteiger partial charge in [-0.15, -0.1) is 0 Å². The summed E-state index contributed by atoms with van der Waals surface area (Å²) in [5, 5.41) is 10.2. The Hall–Kier alpha value is -2.41. The molecule has 2 aromatic rings. The van der Waals surface area contributed by atoms with Crippen molar-refractivity contribution < 1.29 is 23.0 Å². The average Bonchev–Trinajstić information content (AvgIpc) is 2.84. The molecule has 0 radical (unpaired) electrons. The van der Waals surface area contributed by atoms with Crippen LogP contribution in [0.25, 0.3) is 0 Å². The lowest BCUT2D eigenvalue weighted by atomic mass is 9.74. The van der Waals surface area contributed by atoms with Gasteiger partial charge in [0, 0.05) is 49.8 Å². The van der Waals surface area contributed by atoms with Gasteiger partial charge in [0.05, 0.1) is 18.6 Å². The van der Waals surface area contributed by atoms with E-state index in [0.717, 1.165) is 30.5 Å². The molecule has 182 valence electrons. The zero-order chi connectivity index (χ0) is 24.1. The first-order valence-electron chi connectivity index (χ1n) is 11.6. The summed E-state index contributed by atoms with van der Waals surface area (Å²) in [7, 11) is -0.529. The van der Waals surface area contributed by atoms with E-state index in [-0.39, 0.29) is 29.5 Å². The molecule has 1 N–H and O–H groups in total. The fourth-order valence-electron chi connectivity index (χ4n) is 5.04. The van der Waals surface area contributed by atoms with E-state index in [0.29, 0.717) is 25.4 Å². The SMILES string of the molecule is COCC#Cc1ccc([C@@H]2[C@H]3CN(S(=O)(=O)c4cccc(OC)c4)CCCCN3[C@H]2CO)cc1. The minimum absolute atomic E-state index is 0.00302. The third kappa shape index (κ3) is 4.99. The second kappa shape index (κ2) is 10.9. The van der Waals surface area contributed by atoms with Gasteiger partial charge < -0.3 is 14.6 Å². The van der Waals surface area contributed by atoms with Crippen LogP contribution in [0.2, 0.25) is 0 Å². The van der Waals surface area contributed by atoms with Crippen molar-refractivity contribution in [2.24, 2.45) is 0 Å². The maximum Gasteiger partial charge on any atom is 0.243 e. The van der Waals surface area contributed by atoms with Crippen molar-refractivity contribution in [3.8, 4) is 17.6 Å². The third-order valence-corrected chi connectivity index (χ3v) is 8.62. The summed E-state index contributed by atoms with van der Waals surface area (Å²) >= 11 is 0. The van der Waals surface area contributed by atoms with Crippen molar-refractivity contribution in [1.29, 1.82) is 0 Å². The van der Waals surface area contributed by atoms with Gasteiger partial charge in [-0.05, 0) is 49.2 Å². The van der Waals surface area contributed by atoms with Crippen LogP contribution in [0, 0.1) is 11.8 Å². The molecule has 8 heteroatoms. The Labute approximate surface area is 202 Å². The molecule has 2 aliphatic heterocycles. The molecule has 2 aliphatic rings. The smallest absolute Gasteiger partial charge is 0.243 e. The van der Waals surface area contributed by atoms with Crippen molar-refractivity contribution in [3.05, 3.63) is 59.7 Å². The van der Waals surface area contributed by atoms with Gasteiger partial charge in [-0.2, -0.15) is 4.31 Å². The standard InChI is InChI=1S/C26H32N2O5S/c1-32-16-6-7-20-10-12-21(13-11-20)26-24-18-27(14-3-4-15-28(24)25(26)19-29)34(30,31)23-9-5-8-22(17-23)33-2/h5,8-13,17,24-26,29H,3-4,14-16,18-19H2,1-2H3/t24-,25+,26-/m1/s1. The first-order chi connectivity index (χ1) is 16.5. The highest BCUT2D eigenvalue weighted by molar-refractivity contribution is 7.89. The van der Waals surface area contributed by atoms with E-state index in [9.17, 15) is 13.5 Å². The number of aliphatic hydroxyl groups excluding tert-OH is 1. The maximum atomic E-state index is 13.5. The van der Waals surface area contributed by atoms with E-state index < -0.39 is 10.0 Å². The van der Waals surface area contributed by atoms with Gasteiger partial charge in [0.1, 0.15) is 12.4 Å². The van der Waals surface area contributed by atoms with Gasteiger partial charge in [-0.25, -0.2) is 8.42 Å². The van der Waals surface area contributed by atoms with Crippen LogP contribution in [0.1, 0.15) is 29.9 Å². The first kappa shape index (κ1) is 24.7. The molecule has 7 nitrogen and oxygen atoms in total. The largest absolute Gasteiger partial charge is 0.497 e. The second-order valence-electron chi connectivity index (χ2n) is 8.69. The molecule has 0 bridgehead atoms. The number of fused-ring (bicyclic) bond motifs is 1. The lowest BCUT2D eigenvalue weighted by molar-refractivity contribution is -0.0553. The van der Waals surface area contributed by atoms with E-state index in [1.54, 1.807) is 35.7 Å². The highest BCUT2D eigenvalue weighted by Crippen LogP contribution is 2.42. The number of hydrogen-bond acceptors (Lipinski definition) is 6. The lowest BCUT2D eigenvalue weighted by Gasteiger charge is -2.57. The maximum absolute atomic E-state index is 13.5.